The molecule has 0 amide bonds. The van der Waals surface area contributed by atoms with Gasteiger partial charge < -0.3 is 0 Å². The van der Waals surface area contributed by atoms with Crippen molar-refractivity contribution in [2.75, 3.05) is 0 Å². The summed E-state index contributed by atoms with van der Waals surface area (Å²) in [7, 11) is 0. The summed E-state index contributed by atoms with van der Waals surface area (Å²) in [5.41, 5.74) is 0. The molecule has 0 aromatic heterocycles. The molecule has 0 N–H and O–H groups in total. The molecule has 0 bridgehead atoms. The van der Waals surface area contributed by atoms with E-state index >= 15 is 0 Å². The first-order valence-electron chi connectivity index (χ1n) is 1.99. The average Bonchev–Trinajstić information content (AvgIpc) is 1.41. The molecule has 0 fully saturated rings. The Morgan fingerprint density at radius 1 is 1.17 bits per heavy atom. The van der Waals surface area contributed by atoms with Crippen LogP contribution in [0.1, 0.15) is 13.8 Å². The molecule has 0 aliphatic heterocycles. The number of hydrogen-bond donors (Lipinski definition) is 0. The van der Waals surface area contributed by atoms with Crippen molar-refractivity contribution >= 4 is 17.4 Å². The Labute approximate surface area is 57.2 Å². The second-order valence-corrected chi connectivity index (χ2v) is 3.22. The van der Waals surface area contributed by atoms with E-state index in [1.165, 1.54) is 10.6 Å². The molecule has 0 heterocycles. The van der Waals surface area contributed by atoms with E-state index in [4.69, 9.17) is 0 Å². The fourth-order valence-corrected chi connectivity index (χ4v) is 0.842. The maximum absolute atomic E-state index is 2.24. The minimum atomic E-state index is 0. The first-order valence-corrected chi connectivity index (χ1v) is 3.79. The molecular formula is C4H13AlCr. The summed E-state index contributed by atoms with van der Waals surface area (Å²) in [5, 5.41) is 2.81. The summed E-state index contributed by atoms with van der Waals surface area (Å²) >= 11 is 0.958. The summed E-state index contributed by atoms with van der Waals surface area (Å²) in [6, 6.07) is 0. The van der Waals surface area contributed by atoms with Crippen molar-refractivity contribution in [1.82, 2.24) is 0 Å². The van der Waals surface area contributed by atoms with Crippen molar-refractivity contribution in [2.45, 2.75) is 24.4 Å². The van der Waals surface area contributed by atoms with E-state index < -0.39 is 0 Å². The maximum Gasteiger partial charge on any atom is 0.187 e. The van der Waals surface area contributed by atoms with Gasteiger partial charge in [-0.3, -0.25) is 0 Å². The zero-order valence-electron chi connectivity index (χ0n) is 3.82. The molecule has 0 saturated heterocycles. The number of hydrogen-bond acceptors (Lipinski definition) is 0. The Bertz CT molecular complexity index is 15.0. The Kier molecular flexibility index (Phi) is 15.9. The molecule has 0 aliphatic carbocycles. The zero-order chi connectivity index (χ0) is 4.12. The molecular weight excluding hydrogens is 127 g/mol. The van der Waals surface area contributed by atoms with Crippen LogP contribution in [0.25, 0.3) is 0 Å². The van der Waals surface area contributed by atoms with E-state index in [2.05, 4.69) is 13.8 Å². The van der Waals surface area contributed by atoms with Crippen molar-refractivity contribution in [3.05, 3.63) is 0 Å². The molecule has 0 saturated carbocycles. The van der Waals surface area contributed by atoms with Crippen molar-refractivity contribution in [3.63, 3.8) is 0 Å². The SMILES string of the molecule is C[CH2][Cr][CH2]C.[AlH3]. The van der Waals surface area contributed by atoms with Gasteiger partial charge in [-0.2, -0.15) is 0 Å². The smallest absolute Gasteiger partial charge is 0.187 e. The van der Waals surface area contributed by atoms with Crippen LogP contribution in [0.4, 0.5) is 0 Å². The maximum atomic E-state index is 2.24. The molecule has 0 aliphatic rings. The first-order chi connectivity index (χ1) is 2.41. The van der Waals surface area contributed by atoms with E-state index in [1.54, 1.807) is 0 Å². The van der Waals surface area contributed by atoms with E-state index in [-0.39, 0.29) is 17.4 Å². The monoisotopic (exact) mass is 140 g/mol. The third-order valence-electron chi connectivity index (χ3n) is 0.408. The Hall–Kier alpha value is 1.06. The third-order valence-corrected chi connectivity index (χ3v) is 1.68. The average molecular weight is 140 g/mol. The van der Waals surface area contributed by atoms with Crippen molar-refractivity contribution in [3.8, 4) is 0 Å². The van der Waals surface area contributed by atoms with E-state index in [1.807, 2.05) is 0 Å². The molecule has 2 heteroatoms. The van der Waals surface area contributed by atoms with Gasteiger partial charge in [0.25, 0.3) is 0 Å². The van der Waals surface area contributed by atoms with Gasteiger partial charge in [0, 0.05) is 0 Å². The molecule has 0 spiro atoms. The molecule has 6 heavy (non-hydrogen) atoms. The fraction of sp³-hybridized carbons (Fsp3) is 1.00. The van der Waals surface area contributed by atoms with Crippen LogP contribution in [0.15, 0.2) is 0 Å². The minimum Gasteiger partial charge on any atom is 0.187 e. The van der Waals surface area contributed by atoms with E-state index in [0.29, 0.717) is 0 Å². The minimum absolute atomic E-state index is 0. The second kappa shape index (κ2) is 9.42. The van der Waals surface area contributed by atoms with Crippen LogP contribution in [0, 0.1) is 0 Å². The van der Waals surface area contributed by atoms with Crippen molar-refractivity contribution < 1.29 is 15.2 Å². The van der Waals surface area contributed by atoms with Crippen LogP contribution in [0.2, 0.25) is 10.6 Å². The van der Waals surface area contributed by atoms with Crippen LogP contribution >= 0.6 is 0 Å². The molecule has 0 radical (unpaired) electrons. The van der Waals surface area contributed by atoms with E-state index in [0.717, 1.165) is 15.2 Å². The normalized spacial score (nSPS) is 7.00. The fourth-order valence-electron chi connectivity index (χ4n) is 0.204. The van der Waals surface area contributed by atoms with Gasteiger partial charge in [0.1, 0.15) is 0 Å². The third kappa shape index (κ3) is 8.91. The van der Waals surface area contributed by atoms with Gasteiger partial charge in [-0.05, 0) is 0 Å². The Morgan fingerprint density at radius 2 is 1.50 bits per heavy atom. The summed E-state index contributed by atoms with van der Waals surface area (Å²) in [5.74, 6) is 0. The topological polar surface area (TPSA) is 0 Å². The summed E-state index contributed by atoms with van der Waals surface area (Å²) in [4.78, 5) is 0. The molecule has 38 valence electrons. The molecule has 0 aromatic carbocycles. The van der Waals surface area contributed by atoms with Gasteiger partial charge in [-0.1, -0.05) is 0 Å². The molecule has 0 aromatic rings. The Morgan fingerprint density at radius 3 is 1.50 bits per heavy atom. The first kappa shape index (κ1) is 10.1. The van der Waals surface area contributed by atoms with Gasteiger partial charge >= 0.3 is 39.6 Å². The quantitative estimate of drug-likeness (QED) is 0.497. The largest absolute Gasteiger partial charge is 0.187 e. The standard InChI is InChI=1S/2C2H5.Al.Cr.3H/c2*1-2;;;;;/h2*1H2,2H3;;;;;. The summed E-state index contributed by atoms with van der Waals surface area (Å²) in [6.45, 7) is 4.48. The van der Waals surface area contributed by atoms with Crippen LogP contribution in [0.5, 0.6) is 0 Å². The van der Waals surface area contributed by atoms with Gasteiger partial charge in [0.2, 0.25) is 0 Å². The van der Waals surface area contributed by atoms with E-state index in [9.17, 15) is 0 Å². The molecule has 0 unspecified atom stereocenters. The molecule has 0 nitrogen and oxygen atoms in total. The predicted octanol–water partition coefficient (Wildman–Crippen LogP) is 0.761. The van der Waals surface area contributed by atoms with Crippen LogP contribution in [-0.4, -0.2) is 17.4 Å². The Balaban J connectivity index is 0. The van der Waals surface area contributed by atoms with Crippen LogP contribution in [0.3, 0.4) is 0 Å². The predicted molar refractivity (Wildman–Crippen MR) is 30.9 cm³/mol. The summed E-state index contributed by atoms with van der Waals surface area (Å²) in [6.07, 6.45) is 0. The molecule has 0 rings (SSSR count). The van der Waals surface area contributed by atoms with Gasteiger partial charge in [0.15, 0.2) is 17.4 Å². The second-order valence-electron chi connectivity index (χ2n) is 0.781. The zero-order valence-corrected chi connectivity index (χ0v) is 5.10. The van der Waals surface area contributed by atoms with Crippen LogP contribution < -0.4 is 0 Å². The number of rotatable bonds is 2. The van der Waals surface area contributed by atoms with Gasteiger partial charge in [-0.25, -0.2) is 0 Å². The van der Waals surface area contributed by atoms with Crippen molar-refractivity contribution in [2.24, 2.45) is 0 Å². The summed E-state index contributed by atoms with van der Waals surface area (Å²) < 4.78 is 0. The van der Waals surface area contributed by atoms with Crippen molar-refractivity contribution in [1.29, 1.82) is 0 Å². The van der Waals surface area contributed by atoms with Gasteiger partial charge in [0.05, 0.1) is 0 Å². The van der Waals surface area contributed by atoms with Gasteiger partial charge in [-0.15, -0.1) is 0 Å². The van der Waals surface area contributed by atoms with Crippen LogP contribution in [-0.2, 0) is 15.2 Å². The molecule has 0 atom stereocenters.